The molecule has 2 aromatic heterocycles. The van der Waals surface area contributed by atoms with E-state index < -0.39 is 29.6 Å². The molecule has 0 unspecified atom stereocenters. The molecule has 0 fully saturated rings. The van der Waals surface area contributed by atoms with Crippen LogP contribution < -0.4 is 11.2 Å². The van der Waals surface area contributed by atoms with E-state index in [0.29, 0.717) is 5.56 Å². The Hall–Kier alpha value is -3.23. The first-order valence-electron chi connectivity index (χ1n) is 7.39. The van der Waals surface area contributed by atoms with Gasteiger partial charge in [0.15, 0.2) is 11.2 Å². The third kappa shape index (κ3) is 3.08. The maximum atomic E-state index is 13.1. The number of benzene rings is 1. The first-order chi connectivity index (χ1) is 11.9. The van der Waals surface area contributed by atoms with Gasteiger partial charge in [0.05, 0.1) is 6.33 Å². The maximum Gasteiger partial charge on any atom is 0.333 e. The number of ether oxygens (including phenoxy) is 1. The van der Waals surface area contributed by atoms with E-state index in [-0.39, 0.29) is 17.8 Å². The van der Waals surface area contributed by atoms with Crippen LogP contribution in [0.2, 0.25) is 0 Å². The van der Waals surface area contributed by atoms with E-state index in [0.717, 1.165) is 4.57 Å². The summed E-state index contributed by atoms with van der Waals surface area (Å²) in [6.07, 6.45) is 1.41. The lowest BCUT2D eigenvalue weighted by Gasteiger charge is -2.09. The molecule has 0 atom stereocenters. The van der Waals surface area contributed by atoms with Crippen LogP contribution in [0.4, 0.5) is 4.39 Å². The van der Waals surface area contributed by atoms with Crippen LogP contribution in [-0.2, 0) is 36.8 Å². The Morgan fingerprint density at radius 2 is 2.04 bits per heavy atom. The lowest BCUT2D eigenvalue weighted by molar-refractivity contribution is -0.145. The summed E-state index contributed by atoms with van der Waals surface area (Å²) in [7, 11) is 3.08. The molecule has 0 aliphatic rings. The average molecular weight is 346 g/mol. The van der Waals surface area contributed by atoms with Gasteiger partial charge in [0.1, 0.15) is 19.0 Å². The van der Waals surface area contributed by atoms with Crippen LogP contribution in [0.5, 0.6) is 0 Å². The van der Waals surface area contributed by atoms with Crippen molar-refractivity contribution >= 4 is 17.1 Å². The van der Waals surface area contributed by atoms with Gasteiger partial charge in [0.2, 0.25) is 0 Å². The number of aromatic nitrogens is 4. The normalized spacial score (nSPS) is 11.0. The number of hydrogen-bond donors (Lipinski definition) is 0. The molecule has 2 heterocycles. The fraction of sp³-hybridized carbons (Fsp3) is 0.250. The van der Waals surface area contributed by atoms with Crippen LogP contribution in [0.15, 0.2) is 40.2 Å². The van der Waals surface area contributed by atoms with Gasteiger partial charge in [-0.15, -0.1) is 0 Å². The Morgan fingerprint density at radius 3 is 2.76 bits per heavy atom. The summed E-state index contributed by atoms with van der Waals surface area (Å²) in [6, 6.07) is 5.61. The molecule has 0 amide bonds. The van der Waals surface area contributed by atoms with Gasteiger partial charge in [-0.05, 0) is 17.7 Å². The molecule has 8 nitrogen and oxygen atoms in total. The van der Waals surface area contributed by atoms with Gasteiger partial charge < -0.3 is 9.30 Å². The molecule has 0 spiro atoms. The van der Waals surface area contributed by atoms with Crippen LogP contribution in [0.1, 0.15) is 5.56 Å². The molecule has 3 rings (SSSR count). The van der Waals surface area contributed by atoms with Crippen molar-refractivity contribution in [3.05, 3.63) is 62.8 Å². The zero-order valence-electron chi connectivity index (χ0n) is 13.6. The Balaban J connectivity index is 1.85. The second-order valence-electron chi connectivity index (χ2n) is 5.55. The minimum Gasteiger partial charge on any atom is -0.459 e. The molecular weight excluding hydrogens is 331 g/mol. The summed E-state index contributed by atoms with van der Waals surface area (Å²) in [5.41, 5.74) is -0.377. The quantitative estimate of drug-likeness (QED) is 0.635. The van der Waals surface area contributed by atoms with Crippen molar-refractivity contribution in [3.8, 4) is 0 Å². The smallest absolute Gasteiger partial charge is 0.333 e. The predicted molar refractivity (Wildman–Crippen MR) is 86.4 cm³/mol. The van der Waals surface area contributed by atoms with Crippen LogP contribution >= 0.6 is 0 Å². The van der Waals surface area contributed by atoms with Gasteiger partial charge in [-0.2, -0.15) is 0 Å². The van der Waals surface area contributed by atoms with Crippen molar-refractivity contribution < 1.29 is 13.9 Å². The highest BCUT2D eigenvalue weighted by molar-refractivity contribution is 5.72. The SMILES string of the molecule is Cn1cnc2c1c(=O)n(CC(=O)OCc1cccc(F)c1)c(=O)n2C. The number of hydrogen-bond acceptors (Lipinski definition) is 5. The molecule has 0 radical (unpaired) electrons. The van der Waals surface area contributed by atoms with Crippen molar-refractivity contribution in [1.82, 2.24) is 18.7 Å². The zero-order chi connectivity index (χ0) is 18.1. The largest absolute Gasteiger partial charge is 0.459 e. The number of carbonyl (C=O) groups is 1. The fourth-order valence-electron chi connectivity index (χ4n) is 2.50. The topological polar surface area (TPSA) is 88.1 Å². The number of aryl methyl sites for hydroxylation is 2. The second-order valence-corrected chi connectivity index (χ2v) is 5.55. The van der Waals surface area contributed by atoms with E-state index in [1.807, 2.05) is 0 Å². The summed E-state index contributed by atoms with van der Waals surface area (Å²) in [5.74, 6) is -1.22. The first-order valence-corrected chi connectivity index (χ1v) is 7.39. The van der Waals surface area contributed by atoms with Gasteiger partial charge >= 0.3 is 11.7 Å². The van der Waals surface area contributed by atoms with E-state index >= 15 is 0 Å². The molecule has 9 heteroatoms. The molecule has 25 heavy (non-hydrogen) atoms. The van der Waals surface area contributed by atoms with Crippen molar-refractivity contribution in [1.29, 1.82) is 0 Å². The molecular formula is C16H15FN4O4. The third-order valence-corrected chi connectivity index (χ3v) is 3.78. The summed E-state index contributed by atoms with van der Waals surface area (Å²) >= 11 is 0. The van der Waals surface area contributed by atoms with E-state index in [4.69, 9.17) is 4.74 Å². The van der Waals surface area contributed by atoms with Crippen molar-refractivity contribution in [2.45, 2.75) is 13.2 Å². The van der Waals surface area contributed by atoms with Crippen molar-refractivity contribution in [3.63, 3.8) is 0 Å². The van der Waals surface area contributed by atoms with Gasteiger partial charge in [-0.1, -0.05) is 12.1 Å². The summed E-state index contributed by atoms with van der Waals surface area (Å²) < 4.78 is 21.6. The van der Waals surface area contributed by atoms with E-state index in [2.05, 4.69) is 4.98 Å². The minimum atomic E-state index is -0.773. The molecule has 0 aliphatic heterocycles. The summed E-state index contributed by atoms with van der Waals surface area (Å²) in [5, 5.41) is 0. The lowest BCUT2D eigenvalue weighted by Crippen LogP contribution is -2.41. The number of fused-ring (bicyclic) bond motifs is 1. The minimum absolute atomic E-state index is 0.153. The molecule has 130 valence electrons. The molecule has 0 bridgehead atoms. The lowest BCUT2D eigenvalue weighted by atomic mass is 10.2. The highest BCUT2D eigenvalue weighted by atomic mass is 19.1. The number of nitrogens with zero attached hydrogens (tertiary/aromatic N) is 4. The van der Waals surface area contributed by atoms with Gasteiger partial charge in [-0.25, -0.2) is 18.7 Å². The molecule has 0 saturated carbocycles. The van der Waals surface area contributed by atoms with Crippen molar-refractivity contribution in [2.24, 2.45) is 14.1 Å². The number of carbonyl (C=O) groups excluding carboxylic acids is 1. The third-order valence-electron chi connectivity index (χ3n) is 3.78. The monoisotopic (exact) mass is 346 g/mol. The second kappa shape index (κ2) is 6.34. The highest BCUT2D eigenvalue weighted by Gasteiger charge is 2.17. The molecule has 3 aromatic rings. The Kier molecular flexibility index (Phi) is 4.22. The van der Waals surface area contributed by atoms with Crippen LogP contribution in [0, 0.1) is 5.82 Å². The maximum absolute atomic E-state index is 13.1. The molecule has 1 aromatic carbocycles. The Morgan fingerprint density at radius 1 is 1.28 bits per heavy atom. The van der Waals surface area contributed by atoms with Gasteiger partial charge in [0, 0.05) is 14.1 Å². The van der Waals surface area contributed by atoms with E-state index in [9.17, 15) is 18.8 Å². The standard InChI is InChI=1S/C16H15FN4O4/c1-19-9-18-14-13(19)15(23)21(16(24)20(14)2)7-12(22)25-8-10-4-3-5-11(17)6-10/h3-6,9H,7-8H2,1-2H3. The van der Waals surface area contributed by atoms with Crippen LogP contribution in [0.3, 0.4) is 0 Å². The number of imidazole rings is 1. The Bertz CT molecular complexity index is 1080. The van der Waals surface area contributed by atoms with Crippen LogP contribution in [0.25, 0.3) is 11.2 Å². The number of esters is 1. The summed E-state index contributed by atoms with van der Waals surface area (Å²) in [6.45, 7) is -0.693. The highest BCUT2D eigenvalue weighted by Crippen LogP contribution is 2.06. The number of halogens is 1. The van der Waals surface area contributed by atoms with Gasteiger partial charge in [-0.3, -0.25) is 14.2 Å². The molecule has 0 aliphatic carbocycles. The first kappa shape index (κ1) is 16.6. The molecule has 0 saturated heterocycles. The Labute approximate surface area is 140 Å². The van der Waals surface area contributed by atoms with Gasteiger partial charge in [0.25, 0.3) is 5.56 Å². The van der Waals surface area contributed by atoms with Crippen LogP contribution in [-0.4, -0.2) is 24.7 Å². The van der Waals surface area contributed by atoms with E-state index in [1.54, 1.807) is 13.1 Å². The summed E-state index contributed by atoms with van der Waals surface area (Å²) in [4.78, 5) is 40.8. The molecule has 0 N–H and O–H groups in total. The number of rotatable bonds is 4. The van der Waals surface area contributed by atoms with E-state index in [1.165, 1.54) is 40.7 Å². The zero-order valence-corrected chi connectivity index (χ0v) is 13.6. The van der Waals surface area contributed by atoms with Crippen molar-refractivity contribution in [2.75, 3.05) is 0 Å². The fourth-order valence-corrected chi connectivity index (χ4v) is 2.50. The predicted octanol–water partition coefficient (Wildman–Crippen LogP) is 0.316. The average Bonchev–Trinajstić information content (AvgIpc) is 2.97.